The summed E-state index contributed by atoms with van der Waals surface area (Å²) in [6.07, 6.45) is 4.18. The van der Waals surface area contributed by atoms with Crippen LogP contribution in [0.15, 0.2) is 73.1 Å². The molecule has 1 unspecified atom stereocenters. The van der Waals surface area contributed by atoms with Gasteiger partial charge in [0.05, 0.1) is 20.1 Å². The number of benzene rings is 2. The molecule has 2 amide bonds. The van der Waals surface area contributed by atoms with E-state index in [0.29, 0.717) is 43.8 Å². The summed E-state index contributed by atoms with van der Waals surface area (Å²) in [4.78, 5) is 34.3. The number of carbonyl (C=O) groups excluding carboxylic acids is 2. The van der Waals surface area contributed by atoms with Crippen molar-refractivity contribution in [3.8, 4) is 5.75 Å². The molecule has 0 bridgehead atoms. The molecule has 2 fully saturated rings. The van der Waals surface area contributed by atoms with E-state index in [1.807, 2.05) is 43.3 Å². The number of piperidine rings is 1. The van der Waals surface area contributed by atoms with Crippen molar-refractivity contribution in [2.24, 2.45) is 0 Å². The van der Waals surface area contributed by atoms with E-state index in [9.17, 15) is 14.0 Å². The number of hydrogen-bond donors (Lipinski definition) is 0. The van der Waals surface area contributed by atoms with Crippen molar-refractivity contribution in [3.05, 3.63) is 95.6 Å². The Morgan fingerprint density at radius 3 is 2.54 bits per heavy atom. The van der Waals surface area contributed by atoms with Gasteiger partial charge in [0.2, 0.25) is 5.91 Å². The standard InChI is InChI=1S/C29H30FN3O4/c1-28(23-8-5-13-31-19-23)29(37-27(35)33(28)20-22-7-4-10-25(17-22)36-2)11-14-32(15-12-29)26(34)18-21-6-3-9-24(30)16-21/h3-10,13,16-17,19H,11-12,14-15,18,20H2,1-2H3. The Bertz CT molecular complexity index is 1290. The molecular weight excluding hydrogens is 473 g/mol. The lowest BCUT2D eigenvalue weighted by Crippen LogP contribution is -2.59. The van der Waals surface area contributed by atoms with Gasteiger partial charge < -0.3 is 14.4 Å². The highest BCUT2D eigenvalue weighted by atomic mass is 19.1. The average Bonchev–Trinajstić information content (AvgIpc) is 3.11. The zero-order chi connectivity index (χ0) is 26.0. The van der Waals surface area contributed by atoms with Gasteiger partial charge in [-0.05, 0) is 53.9 Å². The zero-order valence-corrected chi connectivity index (χ0v) is 21.0. The minimum atomic E-state index is -0.832. The molecule has 0 N–H and O–H groups in total. The molecule has 0 saturated carbocycles. The average molecular weight is 504 g/mol. The quantitative estimate of drug-likeness (QED) is 0.488. The van der Waals surface area contributed by atoms with Gasteiger partial charge in [0.15, 0.2) is 0 Å². The molecule has 1 spiro atoms. The molecule has 0 radical (unpaired) electrons. The number of carbonyl (C=O) groups is 2. The Morgan fingerprint density at radius 1 is 1.08 bits per heavy atom. The summed E-state index contributed by atoms with van der Waals surface area (Å²) in [5.41, 5.74) is 0.803. The minimum Gasteiger partial charge on any atom is -0.497 e. The van der Waals surface area contributed by atoms with Crippen LogP contribution in [0.25, 0.3) is 0 Å². The van der Waals surface area contributed by atoms with E-state index in [-0.39, 0.29) is 18.1 Å². The van der Waals surface area contributed by atoms with E-state index < -0.39 is 17.2 Å². The topological polar surface area (TPSA) is 72.0 Å². The lowest BCUT2D eigenvalue weighted by atomic mass is 9.70. The molecule has 3 heterocycles. The maximum absolute atomic E-state index is 13.6. The van der Waals surface area contributed by atoms with E-state index in [1.54, 1.807) is 41.4 Å². The molecule has 7 nitrogen and oxygen atoms in total. The third-order valence-electron chi connectivity index (χ3n) is 7.80. The molecule has 2 aromatic carbocycles. The van der Waals surface area contributed by atoms with Gasteiger partial charge in [-0.2, -0.15) is 0 Å². The molecule has 2 saturated heterocycles. The van der Waals surface area contributed by atoms with E-state index >= 15 is 0 Å². The van der Waals surface area contributed by atoms with Crippen LogP contribution in [0.5, 0.6) is 5.75 Å². The van der Waals surface area contributed by atoms with Gasteiger partial charge in [-0.15, -0.1) is 0 Å². The fourth-order valence-corrected chi connectivity index (χ4v) is 5.64. The number of methoxy groups -OCH3 is 1. The first kappa shape index (κ1) is 24.7. The summed E-state index contributed by atoms with van der Waals surface area (Å²) in [5, 5.41) is 0. The second kappa shape index (κ2) is 9.84. The minimum absolute atomic E-state index is 0.0684. The first-order valence-electron chi connectivity index (χ1n) is 12.4. The Morgan fingerprint density at radius 2 is 1.84 bits per heavy atom. The van der Waals surface area contributed by atoms with Gasteiger partial charge in [0, 0.05) is 38.3 Å². The van der Waals surface area contributed by atoms with Crippen LogP contribution in [-0.4, -0.2) is 52.6 Å². The van der Waals surface area contributed by atoms with Crippen molar-refractivity contribution in [2.45, 2.75) is 43.9 Å². The van der Waals surface area contributed by atoms with Gasteiger partial charge in [0.1, 0.15) is 22.7 Å². The maximum Gasteiger partial charge on any atom is 0.411 e. The monoisotopic (exact) mass is 503 g/mol. The Hall–Kier alpha value is -3.94. The number of halogens is 1. The second-order valence-corrected chi connectivity index (χ2v) is 9.80. The van der Waals surface area contributed by atoms with Crippen LogP contribution in [0.2, 0.25) is 0 Å². The third kappa shape index (κ3) is 4.52. The van der Waals surface area contributed by atoms with Crippen LogP contribution in [-0.2, 0) is 28.0 Å². The van der Waals surface area contributed by atoms with Crippen LogP contribution in [0.3, 0.4) is 0 Å². The first-order chi connectivity index (χ1) is 17.8. The fourth-order valence-electron chi connectivity index (χ4n) is 5.64. The fraction of sp³-hybridized carbons (Fsp3) is 0.345. The lowest BCUT2D eigenvalue weighted by molar-refractivity contribution is -0.136. The molecule has 2 aliphatic heterocycles. The summed E-state index contributed by atoms with van der Waals surface area (Å²) in [5.74, 6) is 0.290. The van der Waals surface area contributed by atoms with Crippen LogP contribution < -0.4 is 4.74 Å². The maximum atomic E-state index is 13.6. The summed E-state index contributed by atoms with van der Waals surface area (Å²) >= 11 is 0. The van der Waals surface area contributed by atoms with Crippen LogP contribution in [0, 0.1) is 5.82 Å². The molecular formula is C29H30FN3O4. The van der Waals surface area contributed by atoms with Crippen LogP contribution in [0.4, 0.5) is 9.18 Å². The second-order valence-electron chi connectivity index (χ2n) is 9.80. The number of aromatic nitrogens is 1. The number of nitrogens with zero attached hydrogens (tertiary/aromatic N) is 3. The first-order valence-corrected chi connectivity index (χ1v) is 12.4. The molecule has 5 rings (SSSR count). The zero-order valence-electron chi connectivity index (χ0n) is 21.0. The van der Waals surface area contributed by atoms with Crippen molar-refractivity contribution in [1.82, 2.24) is 14.8 Å². The van der Waals surface area contributed by atoms with E-state index in [0.717, 1.165) is 11.1 Å². The van der Waals surface area contributed by atoms with Crippen molar-refractivity contribution < 1.29 is 23.5 Å². The van der Waals surface area contributed by atoms with Gasteiger partial charge in [-0.3, -0.25) is 14.7 Å². The number of amides is 2. The van der Waals surface area contributed by atoms with Crippen molar-refractivity contribution >= 4 is 12.0 Å². The van der Waals surface area contributed by atoms with Crippen LogP contribution in [0.1, 0.15) is 36.5 Å². The van der Waals surface area contributed by atoms with Crippen LogP contribution >= 0.6 is 0 Å². The summed E-state index contributed by atoms with van der Waals surface area (Å²) < 4.78 is 25.2. The van der Waals surface area contributed by atoms with E-state index in [2.05, 4.69) is 4.98 Å². The largest absolute Gasteiger partial charge is 0.497 e. The molecule has 1 aromatic heterocycles. The highest BCUT2D eigenvalue weighted by Crippen LogP contribution is 2.52. The number of hydrogen-bond acceptors (Lipinski definition) is 5. The molecule has 0 aliphatic carbocycles. The number of pyridine rings is 1. The number of rotatable bonds is 6. The SMILES string of the molecule is COc1cccc(CN2C(=O)OC3(CCN(C(=O)Cc4cccc(F)c4)CC3)C2(C)c2cccnc2)c1. The Balaban J connectivity index is 1.41. The van der Waals surface area contributed by atoms with Crippen molar-refractivity contribution in [3.63, 3.8) is 0 Å². The number of ether oxygens (including phenoxy) is 2. The smallest absolute Gasteiger partial charge is 0.411 e. The predicted molar refractivity (Wildman–Crippen MR) is 135 cm³/mol. The molecule has 1 atom stereocenters. The Kier molecular flexibility index (Phi) is 6.58. The Labute approximate surface area is 215 Å². The van der Waals surface area contributed by atoms with Gasteiger partial charge in [-0.1, -0.05) is 30.3 Å². The van der Waals surface area contributed by atoms with E-state index in [1.165, 1.54) is 12.1 Å². The van der Waals surface area contributed by atoms with Crippen molar-refractivity contribution in [2.75, 3.05) is 20.2 Å². The summed E-state index contributed by atoms with van der Waals surface area (Å²) in [7, 11) is 1.61. The molecule has 3 aromatic rings. The number of likely N-dealkylation sites (tertiary alicyclic amines) is 1. The summed E-state index contributed by atoms with van der Waals surface area (Å²) in [6.45, 7) is 3.24. The third-order valence-corrected chi connectivity index (χ3v) is 7.80. The van der Waals surface area contributed by atoms with Gasteiger partial charge >= 0.3 is 6.09 Å². The molecule has 8 heteroatoms. The molecule has 2 aliphatic rings. The predicted octanol–water partition coefficient (Wildman–Crippen LogP) is 4.70. The van der Waals surface area contributed by atoms with E-state index in [4.69, 9.17) is 9.47 Å². The van der Waals surface area contributed by atoms with Gasteiger partial charge in [-0.25, -0.2) is 9.18 Å². The lowest BCUT2D eigenvalue weighted by Gasteiger charge is -2.48. The van der Waals surface area contributed by atoms with Gasteiger partial charge in [0.25, 0.3) is 0 Å². The highest BCUT2D eigenvalue weighted by molar-refractivity contribution is 5.79. The normalized spacial score (nSPS) is 20.7. The van der Waals surface area contributed by atoms with Crippen molar-refractivity contribution in [1.29, 1.82) is 0 Å². The molecule has 192 valence electrons. The highest BCUT2D eigenvalue weighted by Gasteiger charge is 2.64. The molecule has 37 heavy (non-hydrogen) atoms. The summed E-state index contributed by atoms with van der Waals surface area (Å²) in [6, 6.07) is 17.6.